The van der Waals surface area contributed by atoms with Crippen LogP contribution in [0.15, 0.2) is 0 Å². The van der Waals surface area contributed by atoms with Crippen molar-refractivity contribution >= 4 is 17.7 Å². The van der Waals surface area contributed by atoms with Crippen molar-refractivity contribution < 1.29 is 9.53 Å². The molecule has 3 nitrogen and oxygen atoms in total. The first-order valence-corrected chi connectivity index (χ1v) is 6.11. The van der Waals surface area contributed by atoms with E-state index in [-0.39, 0.29) is 11.9 Å². The zero-order valence-electron chi connectivity index (χ0n) is 7.79. The van der Waals surface area contributed by atoms with Gasteiger partial charge in [0.25, 0.3) is 0 Å². The second-order valence-electron chi connectivity index (χ2n) is 3.70. The highest BCUT2D eigenvalue weighted by Crippen LogP contribution is 2.40. The van der Waals surface area contributed by atoms with Gasteiger partial charge in [-0.05, 0) is 25.1 Å². The number of ether oxygens (including phenoxy) is 1. The molecule has 2 bridgehead atoms. The molecule has 3 unspecified atom stereocenters. The first kappa shape index (κ1) is 9.34. The van der Waals surface area contributed by atoms with Crippen molar-refractivity contribution in [3.63, 3.8) is 0 Å². The summed E-state index contributed by atoms with van der Waals surface area (Å²) in [7, 11) is 0. The van der Waals surface area contributed by atoms with Gasteiger partial charge in [0, 0.05) is 11.8 Å². The molecule has 2 aliphatic heterocycles. The first-order chi connectivity index (χ1) is 6.33. The van der Waals surface area contributed by atoms with Crippen LogP contribution in [0.5, 0.6) is 0 Å². The maximum absolute atomic E-state index is 11.5. The van der Waals surface area contributed by atoms with Crippen LogP contribution in [-0.4, -0.2) is 37.2 Å². The Kier molecular flexibility index (Phi) is 2.79. The summed E-state index contributed by atoms with van der Waals surface area (Å²) in [6, 6.07) is 0.423. The van der Waals surface area contributed by atoms with Gasteiger partial charge in [-0.15, -0.1) is 0 Å². The average Bonchev–Trinajstić information content (AvgIpc) is 2.64. The van der Waals surface area contributed by atoms with Crippen LogP contribution in [0.4, 0.5) is 0 Å². The molecule has 0 amide bonds. The molecule has 4 heteroatoms. The highest BCUT2D eigenvalue weighted by molar-refractivity contribution is 7.98. The minimum absolute atomic E-state index is 0.0142. The second kappa shape index (κ2) is 3.88. The standard InChI is InChI=1S/C9H15NO2S/c1-13-3-2-12-9(11)8-6-4-7(8)10-5-6/h6-8,10H,2-5H2,1H3. The number of hydrogen-bond acceptors (Lipinski definition) is 4. The van der Waals surface area contributed by atoms with Gasteiger partial charge in [-0.2, -0.15) is 11.8 Å². The van der Waals surface area contributed by atoms with Gasteiger partial charge in [0.2, 0.25) is 0 Å². The van der Waals surface area contributed by atoms with E-state index in [4.69, 9.17) is 4.74 Å². The zero-order chi connectivity index (χ0) is 9.26. The third-order valence-electron chi connectivity index (χ3n) is 2.94. The monoisotopic (exact) mass is 201 g/mol. The molecular weight excluding hydrogens is 186 g/mol. The maximum Gasteiger partial charge on any atom is 0.310 e. The van der Waals surface area contributed by atoms with E-state index >= 15 is 0 Å². The lowest BCUT2D eigenvalue weighted by atomic mass is 9.74. The molecule has 13 heavy (non-hydrogen) atoms. The molecule has 0 aromatic rings. The smallest absolute Gasteiger partial charge is 0.310 e. The summed E-state index contributed by atoms with van der Waals surface area (Å²) in [6.45, 7) is 1.57. The highest BCUT2D eigenvalue weighted by Gasteiger charge is 2.51. The van der Waals surface area contributed by atoms with E-state index in [1.807, 2.05) is 6.26 Å². The molecule has 3 rings (SSSR count). The Labute approximate surface area is 82.6 Å². The summed E-state index contributed by atoms with van der Waals surface area (Å²) < 4.78 is 5.17. The van der Waals surface area contributed by atoms with Crippen molar-refractivity contribution in [2.45, 2.75) is 12.5 Å². The van der Waals surface area contributed by atoms with Gasteiger partial charge in [-0.25, -0.2) is 0 Å². The van der Waals surface area contributed by atoms with Crippen LogP contribution in [0.2, 0.25) is 0 Å². The lowest BCUT2D eigenvalue weighted by molar-refractivity contribution is -0.152. The van der Waals surface area contributed by atoms with E-state index in [0.717, 1.165) is 12.3 Å². The normalized spacial score (nSPS) is 35.6. The molecule has 3 atom stereocenters. The number of carbonyl (C=O) groups is 1. The predicted octanol–water partition coefficient (Wildman–Crippen LogP) is 0.500. The summed E-state index contributed by atoms with van der Waals surface area (Å²) in [4.78, 5) is 11.5. The van der Waals surface area contributed by atoms with Gasteiger partial charge in [-0.3, -0.25) is 4.79 Å². The molecule has 0 aromatic carbocycles. The topological polar surface area (TPSA) is 38.3 Å². The predicted molar refractivity (Wildman–Crippen MR) is 52.7 cm³/mol. The largest absolute Gasteiger partial charge is 0.465 e. The number of nitrogens with one attached hydrogen (secondary N) is 1. The molecule has 0 aromatic heterocycles. The minimum atomic E-state index is 0.0142. The fourth-order valence-electron chi connectivity index (χ4n) is 2.15. The Bertz CT molecular complexity index is 196. The van der Waals surface area contributed by atoms with Crippen LogP contribution in [0, 0.1) is 11.8 Å². The Hall–Kier alpha value is -0.220. The van der Waals surface area contributed by atoms with Crippen LogP contribution in [-0.2, 0) is 9.53 Å². The molecule has 3 aliphatic rings. The summed E-state index contributed by atoms with van der Waals surface area (Å²) >= 11 is 1.71. The van der Waals surface area contributed by atoms with E-state index in [9.17, 15) is 4.79 Å². The fourth-order valence-corrected chi connectivity index (χ4v) is 2.40. The van der Waals surface area contributed by atoms with E-state index < -0.39 is 0 Å². The Morgan fingerprint density at radius 3 is 3.08 bits per heavy atom. The molecule has 2 heterocycles. The van der Waals surface area contributed by atoms with Crippen molar-refractivity contribution in [3.8, 4) is 0 Å². The van der Waals surface area contributed by atoms with Crippen molar-refractivity contribution in [1.82, 2.24) is 5.32 Å². The lowest BCUT2D eigenvalue weighted by Crippen LogP contribution is -2.43. The van der Waals surface area contributed by atoms with Crippen molar-refractivity contribution in [2.24, 2.45) is 11.8 Å². The summed E-state index contributed by atoms with van der Waals surface area (Å²) in [5.74, 6) is 1.65. The maximum atomic E-state index is 11.5. The Morgan fingerprint density at radius 2 is 2.54 bits per heavy atom. The lowest BCUT2D eigenvalue weighted by Gasteiger charge is -2.32. The molecule has 1 saturated carbocycles. The van der Waals surface area contributed by atoms with Crippen molar-refractivity contribution in [3.05, 3.63) is 0 Å². The van der Waals surface area contributed by atoms with Crippen molar-refractivity contribution in [2.75, 3.05) is 25.2 Å². The average molecular weight is 201 g/mol. The first-order valence-electron chi connectivity index (χ1n) is 4.72. The van der Waals surface area contributed by atoms with Crippen LogP contribution in [0.3, 0.4) is 0 Å². The number of fused-ring (bicyclic) bond motifs is 1. The highest BCUT2D eigenvalue weighted by atomic mass is 32.2. The third kappa shape index (κ3) is 1.70. The summed E-state index contributed by atoms with van der Waals surface area (Å²) in [5, 5.41) is 3.31. The van der Waals surface area contributed by atoms with Gasteiger partial charge in [0.05, 0.1) is 5.92 Å². The van der Waals surface area contributed by atoms with Gasteiger partial charge >= 0.3 is 5.97 Å². The number of thioether (sulfide) groups is 1. The number of carbonyl (C=O) groups excluding carboxylic acids is 1. The SMILES string of the molecule is CSCCOC(=O)C1C2CNC1C2. The second-order valence-corrected chi connectivity index (χ2v) is 4.68. The van der Waals surface area contributed by atoms with Crippen LogP contribution >= 0.6 is 11.8 Å². The zero-order valence-corrected chi connectivity index (χ0v) is 8.60. The Morgan fingerprint density at radius 1 is 1.69 bits per heavy atom. The molecule has 1 N–H and O–H groups in total. The number of hydrogen-bond donors (Lipinski definition) is 1. The molecular formula is C9H15NO2S. The van der Waals surface area contributed by atoms with Gasteiger partial charge in [-0.1, -0.05) is 0 Å². The summed E-state index contributed by atoms with van der Waals surface area (Å²) in [6.07, 6.45) is 3.19. The number of rotatable bonds is 4. The number of esters is 1. The quantitative estimate of drug-likeness (QED) is 0.531. The summed E-state index contributed by atoms with van der Waals surface area (Å²) in [5.41, 5.74) is 0. The van der Waals surface area contributed by atoms with Gasteiger partial charge in [0.1, 0.15) is 6.61 Å². The van der Waals surface area contributed by atoms with Crippen LogP contribution in [0.1, 0.15) is 6.42 Å². The van der Waals surface area contributed by atoms with E-state index in [2.05, 4.69) is 5.32 Å². The molecule has 3 fully saturated rings. The Balaban J connectivity index is 1.72. The molecule has 2 saturated heterocycles. The minimum Gasteiger partial charge on any atom is -0.465 e. The van der Waals surface area contributed by atoms with Crippen molar-refractivity contribution in [1.29, 1.82) is 0 Å². The van der Waals surface area contributed by atoms with Crippen LogP contribution < -0.4 is 5.32 Å². The molecule has 74 valence electrons. The van der Waals surface area contributed by atoms with E-state index in [1.165, 1.54) is 6.42 Å². The fraction of sp³-hybridized carbons (Fsp3) is 0.889. The van der Waals surface area contributed by atoms with Gasteiger partial charge < -0.3 is 10.1 Å². The van der Waals surface area contributed by atoms with E-state index in [1.54, 1.807) is 11.8 Å². The molecule has 1 aliphatic carbocycles. The van der Waals surface area contributed by atoms with Gasteiger partial charge in [0.15, 0.2) is 0 Å². The molecule has 0 spiro atoms. The van der Waals surface area contributed by atoms with E-state index in [0.29, 0.717) is 18.6 Å². The molecule has 0 radical (unpaired) electrons. The third-order valence-corrected chi connectivity index (χ3v) is 3.52. The van der Waals surface area contributed by atoms with Crippen LogP contribution in [0.25, 0.3) is 0 Å².